The molecule has 186 valence electrons. The van der Waals surface area contributed by atoms with Crippen LogP contribution >= 0.6 is 0 Å². The maximum atomic E-state index is 13.5. The Kier molecular flexibility index (Phi) is 9.88. The monoisotopic (exact) mass is 465 g/mol. The molecule has 33 heavy (non-hydrogen) atoms. The molecule has 2 aliphatic rings. The normalized spacial score (nSPS) is 23.8. The van der Waals surface area contributed by atoms with E-state index in [0.717, 1.165) is 13.0 Å². The summed E-state index contributed by atoms with van der Waals surface area (Å²) in [6, 6.07) is 1.45. The summed E-state index contributed by atoms with van der Waals surface area (Å²) in [4.78, 5) is 34.3. The molecule has 0 saturated carbocycles. The van der Waals surface area contributed by atoms with Gasteiger partial charge in [-0.05, 0) is 45.2 Å². The summed E-state index contributed by atoms with van der Waals surface area (Å²) in [5.41, 5.74) is -1.39. The number of rotatable bonds is 5. The fourth-order valence-corrected chi connectivity index (χ4v) is 3.73. The van der Waals surface area contributed by atoms with Gasteiger partial charge < -0.3 is 19.7 Å². The zero-order chi connectivity index (χ0) is 24.5. The first-order valence-electron chi connectivity index (χ1n) is 11.6. The van der Waals surface area contributed by atoms with E-state index in [0.29, 0.717) is 45.8 Å². The highest BCUT2D eigenvalue weighted by Gasteiger charge is 2.37. The number of carbonyl (C=O) groups excluding carboxylic acids is 2. The quantitative estimate of drug-likeness (QED) is 0.402. The number of nitrogens with zero attached hydrogens (tertiary/aromatic N) is 4. The Morgan fingerprint density at radius 1 is 1.30 bits per heavy atom. The molecule has 0 radical (unpaired) electrons. The molecule has 11 nitrogen and oxygen atoms in total. The molecule has 3 N–H and O–H groups in total. The van der Waals surface area contributed by atoms with Crippen LogP contribution in [0.1, 0.15) is 47.0 Å². The number of amides is 2. The first-order chi connectivity index (χ1) is 15.6. The number of aliphatic imine (C=N–C) groups is 1. The van der Waals surface area contributed by atoms with Crippen LogP contribution in [0.25, 0.3) is 0 Å². The lowest BCUT2D eigenvalue weighted by atomic mass is 9.87. The van der Waals surface area contributed by atoms with E-state index in [1.54, 1.807) is 6.92 Å². The van der Waals surface area contributed by atoms with Crippen LogP contribution < -0.4 is 16.0 Å². The molecule has 1 unspecified atom stereocenters. The van der Waals surface area contributed by atoms with Gasteiger partial charge in [-0.25, -0.2) is 9.79 Å². The largest absolute Gasteiger partial charge is 0.450 e. The van der Waals surface area contributed by atoms with E-state index < -0.39 is 17.8 Å². The Labute approximate surface area is 196 Å². The Hall–Kier alpha value is -2.42. The minimum Gasteiger partial charge on any atom is -0.450 e. The number of nitriles is 1. The molecule has 2 rings (SSSR count). The summed E-state index contributed by atoms with van der Waals surface area (Å²) >= 11 is 0. The molecular formula is C22H39N7O4. The van der Waals surface area contributed by atoms with Crippen LogP contribution in [0, 0.1) is 16.7 Å². The summed E-state index contributed by atoms with van der Waals surface area (Å²) in [5, 5.41) is 18.7. The molecule has 2 heterocycles. The Morgan fingerprint density at radius 2 is 2.00 bits per heavy atom. The van der Waals surface area contributed by atoms with Crippen molar-refractivity contribution in [1.82, 2.24) is 25.8 Å². The van der Waals surface area contributed by atoms with Gasteiger partial charge in [0.05, 0.1) is 26.5 Å². The molecule has 0 bridgehead atoms. The van der Waals surface area contributed by atoms with Crippen molar-refractivity contribution in [3.63, 3.8) is 0 Å². The lowest BCUT2D eigenvalue weighted by molar-refractivity contribution is -0.124. The molecule has 2 saturated heterocycles. The maximum absolute atomic E-state index is 13.5. The third kappa shape index (κ3) is 8.79. The molecule has 11 heteroatoms. The number of nitrogens with one attached hydrogen (secondary N) is 3. The van der Waals surface area contributed by atoms with Crippen molar-refractivity contribution in [2.45, 2.75) is 58.7 Å². The first kappa shape index (κ1) is 26.8. The van der Waals surface area contributed by atoms with Crippen LogP contribution in [0.15, 0.2) is 4.99 Å². The van der Waals surface area contributed by atoms with Crippen molar-refractivity contribution in [3.05, 3.63) is 0 Å². The smallest absolute Gasteiger partial charge is 0.413 e. The van der Waals surface area contributed by atoms with Gasteiger partial charge in [0.15, 0.2) is 5.66 Å². The predicted octanol–water partition coefficient (Wildman–Crippen LogP) is 0.834. The van der Waals surface area contributed by atoms with Gasteiger partial charge >= 0.3 is 6.09 Å². The second-order valence-electron chi connectivity index (χ2n) is 9.70. The molecule has 0 aromatic rings. The van der Waals surface area contributed by atoms with E-state index in [9.17, 15) is 14.9 Å². The number of carbonyl (C=O) groups is 2. The highest BCUT2D eigenvalue weighted by molar-refractivity contribution is 5.96. The molecule has 0 aromatic heterocycles. The van der Waals surface area contributed by atoms with Crippen molar-refractivity contribution in [3.8, 4) is 6.07 Å². The lowest BCUT2D eigenvalue weighted by Gasteiger charge is -2.33. The van der Waals surface area contributed by atoms with Gasteiger partial charge in [-0.1, -0.05) is 20.8 Å². The van der Waals surface area contributed by atoms with Crippen molar-refractivity contribution < 1.29 is 19.1 Å². The van der Waals surface area contributed by atoms with Gasteiger partial charge in [-0.3, -0.25) is 20.3 Å². The third-order valence-electron chi connectivity index (χ3n) is 5.46. The summed E-state index contributed by atoms with van der Waals surface area (Å²) in [7, 11) is 1.96. The van der Waals surface area contributed by atoms with Crippen LogP contribution in [-0.2, 0) is 14.3 Å². The number of hydrogen-bond acceptors (Lipinski definition) is 8. The molecule has 0 spiro atoms. The van der Waals surface area contributed by atoms with Gasteiger partial charge in [0.25, 0.3) is 0 Å². The molecule has 2 fully saturated rings. The van der Waals surface area contributed by atoms with Crippen LogP contribution in [0.2, 0.25) is 0 Å². The fraction of sp³-hybridized carbons (Fsp3) is 0.818. The van der Waals surface area contributed by atoms with Gasteiger partial charge in [-0.15, -0.1) is 0 Å². The van der Waals surface area contributed by atoms with E-state index in [-0.39, 0.29) is 23.9 Å². The second kappa shape index (κ2) is 12.2. The van der Waals surface area contributed by atoms with Crippen LogP contribution in [-0.4, -0.2) is 92.6 Å². The van der Waals surface area contributed by atoms with Crippen LogP contribution in [0.5, 0.6) is 0 Å². The third-order valence-corrected chi connectivity index (χ3v) is 5.46. The zero-order valence-corrected chi connectivity index (χ0v) is 20.6. The topological polar surface area (TPSA) is 131 Å². The van der Waals surface area contributed by atoms with Crippen LogP contribution in [0.4, 0.5) is 4.79 Å². The van der Waals surface area contributed by atoms with E-state index in [1.807, 2.05) is 32.7 Å². The summed E-state index contributed by atoms with van der Waals surface area (Å²) in [6.07, 6.45) is 1.06. The first-order valence-corrected chi connectivity index (χ1v) is 11.6. The SMILES string of the molecule is CCOC(=O)NC(=N[C@@H](CC(C)(C)C)C(=O)NC1(C#N)CCCN(C)CN1)N1CCOCC1. The number of hydrogen-bond donors (Lipinski definition) is 3. The minimum atomic E-state index is -1.17. The zero-order valence-electron chi connectivity index (χ0n) is 20.6. The lowest BCUT2D eigenvalue weighted by Crippen LogP contribution is -2.60. The fourth-order valence-electron chi connectivity index (χ4n) is 3.73. The maximum Gasteiger partial charge on any atom is 0.413 e. The average molecular weight is 466 g/mol. The summed E-state index contributed by atoms with van der Waals surface area (Å²) < 4.78 is 10.5. The van der Waals surface area contributed by atoms with E-state index in [4.69, 9.17) is 14.5 Å². The van der Waals surface area contributed by atoms with Crippen LogP contribution in [0.3, 0.4) is 0 Å². The standard InChI is InChI=1S/C22H39N7O4/c1-6-33-20(31)26-19(29-10-12-32-13-11-29)25-17(14-21(2,3)4)18(30)27-22(15-23)8-7-9-28(5)16-24-22/h17,24H,6-14,16H2,1-5H3,(H,27,30)(H,25,26,31)/t17-,22?/m0/s1. The van der Waals surface area contributed by atoms with Gasteiger partial charge in [0.2, 0.25) is 11.9 Å². The molecule has 0 aliphatic carbocycles. The van der Waals surface area contributed by atoms with E-state index in [2.05, 4.69) is 26.9 Å². The van der Waals surface area contributed by atoms with Crippen molar-refractivity contribution in [1.29, 1.82) is 5.26 Å². The molecule has 0 aromatic carbocycles. The van der Waals surface area contributed by atoms with Crippen molar-refractivity contribution in [2.75, 3.05) is 53.2 Å². The molecular weight excluding hydrogens is 426 g/mol. The van der Waals surface area contributed by atoms with Gasteiger partial charge in [0, 0.05) is 13.1 Å². The van der Waals surface area contributed by atoms with E-state index >= 15 is 0 Å². The molecule has 2 atom stereocenters. The van der Waals surface area contributed by atoms with E-state index in [1.165, 1.54) is 0 Å². The minimum absolute atomic E-state index is 0.220. The molecule has 2 amide bonds. The Bertz CT molecular complexity index is 740. The van der Waals surface area contributed by atoms with Gasteiger partial charge in [0.1, 0.15) is 12.1 Å². The number of guanidine groups is 1. The highest BCUT2D eigenvalue weighted by Crippen LogP contribution is 2.24. The predicted molar refractivity (Wildman–Crippen MR) is 124 cm³/mol. The average Bonchev–Trinajstić information content (AvgIpc) is 2.94. The number of alkyl carbamates (subject to hydrolysis) is 1. The van der Waals surface area contributed by atoms with Crippen molar-refractivity contribution >= 4 is 18.0 Å². The summed E-state index contributed by atoms with van der Waals surface area (Å²) in [6.45, 7) is 11.4. The summed E-state index contributed by atoms with van der Waals surface area (Å²) in [5.74, 6) is -0.0827. The Balaban J connectivity index is 2.32. The number of ether oxygens (including phenoxy) is 2. The highest BCUT2D eigenvalue weighted by atomic mass is 16.5. The second-order valence-corrected chi connectivity index (χ2v) is 9.70. The Morgan fingerprint density at radius 3 is 2.61 bits per heavy atom. The molecule has 2 aliphatic heterocycles. The van der Waals surface area contributed by atoms with Crippen molar-refractivity contribution in [2.24, 2.45) is 10.4 Å². The van der Waals surface area contributed by atoms with Gasteiger partial charge in [-0.2, -0.15) is 5.26 Å². The number of morpholine rings is 1.